The highest BCUT2D eigenvalue weighted by molar-refractivity contribution is 5.46. The van der Waals surface area contributed by atoms with E-state index >= 15 is 0 Å². The normalized spacial score (nSPS) is 19.5. The van der Waals surface area contributed by atoms with Crippen LogP contribution in [0.15, 0.2) is 30.6 Å². The van der Waals surface area contributed by atoms with Crippen molar-refractivity contribution in [2.24, 2.45) is 5.41 Å². The van der Waals surface area contributed by atoms with Gasteiger partial charge in [0, 0.05) is 19.6 Å². The number of anilines is 1. The smallest absolute Gasteiger partial charge is 0.177 e. The van der Waals surface area contributed by atoms with E-state index in [0.717, 1.165) is 56.9 Å². The molecule has 1 N–H and O–H groups in total. The summed E-state index contributed by atoms with van der Waals surface area (Å²) in [5.41, 5.74) is 1.94. The van der Waals surface area contributed by atoms with Crippen molar-refractivity contribution in [3.05, 3.63) is 53.1 Å². The molecule has 2 aliphatic rings. The Morgan fingerprint density at radius 1 is 1.19 bits per heavy atom. The molecule has 2 aliphatic heterocycles. The van der Waals surface area contributed by atoms with Crippen LogP contribution in [0.4, 0.5) is 10.2 Å². The minimum absolute atomic E-state index is 0.0158. The molecule has 5 rings (SSSR count). The standard InChI is InChI=1S/C23H26FN7O/c1-16-18(3-2-17(12-25)22(16)24)19(32)13-29-9-6-23(7-10-29)8-11-30(14-23)21-5-4-20-27-26-15-31(20)28-21/h2-5,15,19,32H,6-11,13-14H2,1H3. The summed E-state index contributed by atoms with van der Waals surface area (Å²) in [6.45, 7) is 5.86. The van der Waals surface area contributed by atoms with Crippen molar-refractivity contribution in [1.82, 2.24) is 24.7 Å². The first-order chi connectivity index (χ1) is 15.5. The predicted molar refractivity (Wildman–Crippen MR) is 117 cm³/mol. The lowest BCUT2D eigenvalue weighted by atomic mass is 9.77. The number of likely N-dealkylation sites (tertiary alicyclic amines) is 1. The average molecular weight is 436 g/mol. The summed E-state index contributed by atoms with van der Waals surface area (Å²) in [6, 6.07) is 8.92. The van der Waals surface area contributed by atoms with Gasteiger partial charge in [-0.15, -0.1) is 15.3 Å². The van der Waals surface area contributed by atoms with E-state index in [0.29, 0.717) is 17.7 Å². The number of hydrogen-bond donors (Lipinski definition) is 1. The molecule has 4 heterocycles. The predicted octanol–water partition coefficient (Wildman–Crippen LogP) is 2.47. The number of piperidine rings is 1. The Kier molecular flexibility index (Phi) is 5.27. The van der Waals surface area contributed by atoms with Gasteiger partial charge in [0.25, 0.3) is 0 Å². The van der Waals surface area contributed by atoms with Crippen LogP contribution >= 0.6 is 0 Å². The summed E-state index contributed by atoms with van der Waals surface area (Å²) in [5, 5.41) is 32.3. The number of hydrogen-bond acceptors (Lipinski definition) is 7. The Bertz CT molecular complexity index is 1180. The molecule has 1 atom stereocenters. The van der Waals surface area contributed by atoms with Crippen LogP contribution in [0.2, 0.25) is 0 Å². The molecule has 1 unspecified atom stereocenters. The highest BCUT2D eigenvalue weighted by Crippen LogP contribution is 2.41. The van der Waals surface area contributed by atoms with Crippen LogP contribution in [-0.4, -0.2) is 62.5 Å². The Hall–Kier alpha value is -3.09. The minimum Gasteiger partial charge on any atom is -0.387 e. The van der Waals surface area contributed by atoms with Crippen LogP contribution in [0, 0.1) is 29.5 Å². The Balaban J connectivity index is 1.20. The average Bonchev–Trinajstić information content (AvgIpc) is 3.44. The minimum atomic E-state index is -0.772. The van der Waals surface area contributed by atoms with Crippen molar-refractivity contribution >= 4 is 11.5 Å². The van der Waals surface area contributed by atoms with Gasteiger partial charge in [-0.3, -0.25) is 0 Å². The van der Waals surface area contributed by atoms with Crippen LogP contribution in [0.5, 0.6) is 0 Å². The molecular formula is C23H26FN7O. The number of nitrogens with zero attached hydrogens (tertiary/aromatic N) is 7. The van der Waals surface area contributed by atoms with E-state index < -0.39 is 11.9 Å². The van der Waals surface area contributed by atoms with Crippen LogP contribution in [0.25, 0.3) is 5.65 Å². The van der Waals surface area contributed by atoms with Crippen molar-refractivity contribution in [2.75, 3.05) is 37.6 Å². The summed E-state index contributed by atoms with van der Waals surface area (Å²) < 4.78 is 16.0. The number of benzene rings is 1. The Morgan fingerprint density at radius 3 is 2.75 bits per heavy atom. The van der Waals surface area contributed by atoms with E-state index in [4.69, 9.17) is 5.26 Å². The van der Waals surface area contributed by atoms with Crippen LogP contribution in [0.1, 0.15) is 42.1 Å². The van der Waals surface area contributed by atoms with E-state index in [9.17, 15) is 9.50 Å². The molecule has 2 saturated heterocycles. The van der Waals surface area contributed by atoms with E-state index in [1.807, 2.05) is 18.2 Å². The maximum atomic E-state index is 14.3. The van der Waals surface area contributed by atoms with Gasteiger partial charge < -0.3 is 14.9 Å². The monoisotopic (exact) mass is 435 g/mol. The van der Waals surface area contributed by atoms with Crippen molar-refractivity contribution in [2.45, 2.75) is 32.3 Å². The molecule has 1 aromatic carbocycles. The molecular weight excluding hydrogens is 409 g/mol. The van der Waals surface area contributed by atoms with Crippen molar-refractivity contribution in [1.29, 1.82) is 5.26 Å². The highest BCUT2D eigenvalue weighted by Gasteiger charge is 2.41. The van der Waals surface area contributed by atoms with Gasteiger partial charge in [-0.05, 0) is 74.0 Å². The molecule has 0 amide bonds. The largest absolute Gasteiger partial charge is 0.387 e. The molecule has 8 nitrogen and oxygen atoms in total. The summed E-state index contributed by atoms with van der Waals surface area (Å²) in [4.78, 5) is 4.60. The number of aliphatic hydroxyl groups excluding tert-OH is 1. The molecule has 2 aromatic heterocycles. The maximum Gasteiger partial charge on any atom is 0.177 e. The Morgan fingerprint density at radius 2 is 1.97 bits per heavy atom. The molecule has 0 bridgehead atoms. The maximum absolute atomic E-state index is 14.3. The van der Waals surface area contributed by atoms with E-state index in [1.165, 1.54) is 6.07 Å². The quantitative estimate of drug-likeness (QED) is 0.673. The number of halogens is 1. The zero-order valence-electron chi connectivity index (χ0n) is 18.1. The summed E-state index contributed by atoms with van der Waals surface area (Å²) in [6.07, 6.45) is 4.10. The molecule has 0 radical (unpaired) electrons. The summed E-state index contributed by atoms with van der Waals surface area (Å²) in [5.74, 6) is 0.413. The van der Waals surface area contributed by atoms with Gasteiger partial charge in [0.05, 0.1) is 11.7 Å². The first kappa shape index (κ1) is 20.8. The van der Waals surface area contributed by atoms with Gasteiger partial charge in [-0.2, -0.15) is 9.78 Å². The number of fused-ring (bicyclic) bond motifs is 1. The SMILES string of the molecule is Cc1c(C(O)CN2CCC3(CC2)CCN(c2ccc4nncn4n2)C3)ccc(C#N)c1F. The number of aromatic nitrogens is 4. The molecule has 32 heavy (non-hydrogen) atoms. The van der Waals surface area contributed by atoms with E-state index in [1.54, 1.807) is 23.8 Å². The third kappa shape index (κ3) is 3.70. The second kappa shape index (κ2) is 8.11. The number of β-amino-alcohol motifs (C(OH)–C–C–N with tert-alkyl or cyclic N) is 1. The van der Waals surface area contributed by atoms with Crippen molar-refractivity contribution < 1.29 is 9.50 Å². The highest BCUT2D eigenvalue weighted by atomic mass is 19.1. The molecule has 0 saturated carbocycles. The molecule has 9 heteroatoms. The van der Waals surface area contributed by atoms with E-state index in [2.05, 4.69) is 25.1 Å². The third-order valence-corrected chi connectivity index (χ3v) is 7.17. The topological polar surface area (TPSA) is 93.6 Å². The Labute approximate surface area is 185 Å². The van der Waals surface area contributed by atoms with Gasteiger partial charge in [0.15, 0.2) is 5.65 Å². The fourth-order valence-corrected chi connectivity index (χ4v) is 5.13. The zero-order valence-corrected chi connectivity index (χ0v) is 18.1. The van der Waals surface area contributed by atoms with E-state index in [-0.39, 0.29) is 11.0 Å². The number of rotatable bonds is 4. The molecule has 0 aliphatic carbocycles. The first-order valence-electron chi connectivity index (χ1n) is 11.0. The fourth-order valence-electron chi connectivity index (χ4n) is 5.13. The first-order valence-corrected chi connectivity index (χ1v) is 11.0. The zero-order chi connectivity index (χ0) is 22.3. The summed E-state index contributed by atoms with van der Waals surface area (Å²) >= 11 is 0. The van der Waals surface area contributed by atoms with Crippen molar-refractivity contribution in [3.8, 4) is 6.07 Å². The third-order valence-electron chi connectivity index (χ3n) is 7.17. The van der Waals surface area contributed by atoms with Crippen LogP contribution in [-0.2, 0) is 0 Å². The second-order valence-electron chi connectivity index (χ2n) is 9.07. The lowest BCUT2D eigenvalue weighted by Gasteiger charge is -2.40. The molecule has 166 valence electrons. The lowest BCUT2D eigenvalue weighted by Crippen LogP contribution is -2.43. The second-order valence-corrected chi connectivity index (χ2v) is 9.07. The lowest BCUT2D eigenvalue weighted by molar-refractivity contribution is 0.0647. The van der Waals surface area contributed by atoms with Crippen LogP contribution in [0.3, 0.4) is 0 Å². The van der Waals surface area contributed by atoms with Gasteiger partial charge in [-0.25, -0.2) is 4.39 Å². The number of nitriles is 1. The van der Waals surface area contributed by atoms with Crippen LogP contribution < -0.4 is 4.90 Å². The van der Waals surface area contributed by atoms with Gasteiger partial charge in [0.1, 0.15) is 24.0 Å². The van der Waals surface area contributed by atoms with Crippen molar-refractivity contribution in [3.63, 3.8) is 0 Å². The van der Waals surface area contributed by atoms with Gasteiger partial charge in [-0.1, -0.05) is 6.07 Å². The number of aliphatic hydroxyl groups is 1. The molecule has 2 fully saturated rings. The molecule has 1 spiro atoms. The van der Waals surface area contributed by atoms with Gasteiger partial charge in [0.2, 0.25) is 0 Å². The molecule has 3 aromatic rings. The summed E-state index contributed by atoms with van der Waals surface area (Å²) in [7, 11) is 0. The van der Waals surface area contributed by atoms with Gasteiger partial charge >= 0.3 is 0 Å². The fraction of sp³-hybridized carbons (Fsp3) is 0.478.